The average molecular weight is 298 g/mol. The number of esters is 1. The molecule has 0 heterocycles. The molecule has 2 atom stereocenters. The van der Waals surface area contributed by atoms with E-state index in [1.807, 2.05) is 30.3 Å². The Hall–Kier alpha value is -1.53. The van der Waals surface area contributed by atoms with Crippen LogP contribution in [0.1, 0.15) is 12.5 Å². The molecule has 20 heavy (non-hydrogen) atoms. The Morgan fingerprint density at radius 2 is 1.95 bits per heavy atom. The number of thiol groups is 1. The molecule has 0 fully saturated rings. The summed E-state index contributed by atoms with van der Waals surface area (Å²) >= 11 is 3.97. The van der Waals surface area contributed by atoms with E-state index in [-0.39, 0.29) is 13.2 Å². The molecule has 0 bridgehead atoms. The van der Waals surface area contributed by atoms with Gasteiger partial charge in [-0.3, -0.25) is 4.79 Å². The number of carbonyl (C=O) groups excluding carboxylic acids is 1. The standard InChI is InChI=1S/C14H18O5S/c1-10(9-20)14(17)19-12(13(15)16)8-18-7-11-5-3-2-4-6-11/h2-6,10,12,20H,7-9H2,1H3,(H,15,16)/t10-,12+/m1/s1. The molecule has 110 valence electrons. The normalized spacial score (nSPS) is 13.5. The van der Waals surface area contributed by atoms with Crippen LogP contribution in [0.4, 0.5) is 0 Å². The molecule has 0 aliphatic carbocycles. The summed E-state index contributed by atoms with van der Waals surface area (Å²) in [5.74, 6) is -1.96. The van der Waals surface area contributed by atoms with Gasteiger partial charge in [-0.2, -0.15) is 12.6 Å². The maximum atomic E-state index is 11.5. The number of carboxylic acids is 1. The van der Waals surface area contributed by atoms with Crippen LogP contribution in [-0.4, -0.2) is 35.5 Å². The molecule has 1 N–H and O–H groups in total. The highest BCUT2D eigenvalue weighted by atomic mass is 32.1. The third kappa shape index (κ3) is 5.63. The molecule has 1 aromatic rings. The predicted molar refractivity (Wildman–Crippen MR) is 76.6 cm³/mol. The zero-order valence-electron chi connectivity index (χ0n) is 11.2. The minimum atomic E-state index is -1.30. The number of carboxylic acid groups (broad SMARTS) is 1. The smallest absolute Gasteiger partial charge is 0.347 e. The summed E-state index contributed by atoms with van der Waals surface area (Å²) in [6.45, 7) is 1.71. The van der Waals surface area contributed by atoms with Gasteiger partial charge in [0.25, 0.3) is 0 Å². The van der Waals surface area contributed by atoms with Crippen molar-refractivity contribution in [3.63, 3.8) is 0 Å². The molecule has 0 unspecified atom stereocenters. The SMILES string of the molecule is C[C@H](CS)C(=O)O[C@@H](COCc1ccccc1)C(=O)O. The zero-order valence-corrected chi connectivity index (χ0v) is 12.1. The van der Waals surface area contributed by atoms with Crippen molar-refractivity contribution in [3.05, 3.63) is 35.9 Å². The van der Waals surface area contributed by atoms with Crippen LogP contribution < -0.4 is 0 Å². The monoisotopic (exact) mass is 298 g/mol. The molecule has 0 aromatic heterocycles. The van der Waals surface area contributed by atoms with Gasteiger partial charge in [-0.1, -0.05) is 37.3 Å². The van der Waals surface area contributed by atoms with Crippen LogP contribution in [0.2, 0.25) is 0 Å². The van der Waals surface area contributed by atoms with Gasteiger partial charge in [0, 0.05) is 5.75 Å². The van der Waals surface area contributed by atoms with Crippen molar-refractivity contribution in [1.29, 1.82) is 0 Å². The molecule has 0 radical (unpaired) electrons. The molecule has 0 aliphatic heterocycles. The lowest BCUT2D eigenvalue weighted by Gasteiger charge is -2.16. The van der Waals surface area contributed by atoms with Crippen molar-refractivity contribution in [2.24, 2.45) is 5.92 Å². The molecule has 0 saturated heterocycles. The highest BCUT2D eigenvalue weighted by Gasteiger charge is 2.25. The van der Waals surface area contributed by atoms with Gasteiger partial charge < -0.3 is 14.6 Å². The summed E-state index contributed by atoms with van der Waals surface area (Å²) in [5.41, 5.74) is 0.923. The summed E-state index contributed by atoms with van der Waals surface area (Å²) in [6, 6.07) is 9.34. The summed E-state index contributed by atoms with van der Waals surface area (Å²) in [4.78, 5) is 22.5. The first-order valence-electron chi connectivity index (χ1n) is 6.20. The number of rotatable bonds is 8. The van der Waals surface area contributed by atoms with E-state index in [0.717, 1.165) is 5.56 Å². The Morgan fingerprint density at radius 1 is 1.30 bits per heavy atom. The van der Waals surface area contributed by atoms with E-state index in [0.29, 0.717) is 5.75 Å². The second kappa shape index (κ2) is 8.60. The Morgan fingerprint density at radius 3 is 2.50 bits per heavy atom. The molecule has 1 aromatic carbocycles. The lowest BCUT2D eigenvalue weighted by Crippen LogP contribution is -2.33. The van der Waals surface area contributed by atoms with Crippen LogP contribution in [-0.2, 0) is 25.7 Å². The Balaban J connectivity index is 2.43. The second-order valence-electron chi connectivity index (χ2n) is 4.35. The van der Waals surface area contributed by atoms with Crippen molar-refractivity contribution >= 4 is 24.6 Å². The first-order chi connectivity index (χ1) is 9.54. The lowest BCUT2D eigenvalue weighted by molar-refractivity contribution is -0.170. The fraction of sp³-hybridized carbons (Fsp3) is 0.429. The van der Waals surface area contributed by atoms with Gasteiger partial charge >= 0.3 is 11.9 Å². The zero-order chi connectivity index (χ0) is 15.0. The van der Waals surface area contributed by atoms with Crippen molar-refractivity contribution in [2.75, 3.05) is 12.4 Å². The van der Waals surface area contributed by atoms with Crippen LogP contribution in [0.5, 0.6) is 0 Å². The molecular weight excluding hydrogens is 280 g/mol. The molecule has 0 saturated carbocycles. The Kier molecular flexibility index (Phi) is 7.11. The fourth-order valence-electron chi connectivity index (χ4n) is 1.34. The van der Waals surface area contributed by atoms with Crippen LogP contribution in [0, 0.1) is 5.92 Å². The summed E-state index contributed by atoms with van der Waals surface area (Å²) in [5, 5.41) is 9.00. The summed E-state index contributed by atoms with van der Waals surface area (Å²) in [7, 11) is 0. The highest BCUT2D eigenvalue weighted by molar-refractivity contribution is 7.80. The quantitative estimate of drug-likeness (QED) is 0.565. The van der Waals surface area contributed by atoms with E-state index in [1.165, 1.54) is 0 Å². The van der Waals surface area contributed by atoms with Crippen molar-refractivity contribution < 1.29 is 24.2 Å². The molecule has 0 spiro atoms. The molecule has 5 nitrogen and oxygen atoms in total. The van der Waals surface area contributed by atoms with E-state index in [1.54, 1.807) is 6.92 Å². The first kappa shape index (κ1) is 16.5. The summed E-state index contributed by atoms with van der Waals surface area (Å²) < 4.78 is 10.2. The number of ether oxygens (including phenoxy) is 2. The van der Waals surface area contributed by atoms with Gasteiger partial charge in [-0.15, -0.1) is 0 Å². The third-order valence-electron chi connectivity index (χ3n) is 2.59. The van der Waals surface area contributed by atoms with Crippen LogP contribution >= 0.6 is 12.6 Å². The number of carbonyl (C=O) groups is 2. The largest absolute Gasteiger partial charge is 0.478 e. The molecule has 6 heteroatoms. The topological polar surface area (TPSA) is 72.8 Å². The second-order valence-corrected chi connectivity index (χ2v) is 4.71. The Bertz CT molecular complexity index is 434. The van der Waals surface area contributed by atoms with Gasteiger partial charge in [-0.05, 0) is 5.56 Å². The van der Waals surface area contributed by atoms with Crippen LogP contribution in [0.15, 0.2) is 30.3 Å². The van der Waals surface area contributed by atoms with Gasteiger partial charge in [0.05, 0.1) is 19.1 Å². The van der Waals surface area contributed by atoms with Gasteiger partial charge in [-0.25, -0.2) is 4.79 Å². The lowest BCUT2D eigenvalue weighted by atomic mass is 10.2. The predicted octanol–water partition coefficient (Wildman–Crippen LogP) is 1.77. The summed E-state index contributed by atoms with van der Waals surface area (Å²) in [6.07, 6.45) is -1.30. The van der Waals surface area contributed by atoms with Crippen LogP contribution in [0.25, 0.3) is 0 Å². The molecule has 0 amide bonds. The van der Waals surface area contributed by atoms with E-state index in [9.17, 15) is 9.59 Å². The number of aliphatic carboxylic acids is 1. The fourth-order valence-corrected chi connectivity index (χ4v) is 1.49. The van der Waals surface area contributed by atoms with E-state index >= 15 is 0 Å². The van der Waals surface area contributed by atoms with Gasteiger partial charge in [0.15, 0.2) is 0 Å². The van der Waals surface area contributed by atoms with Crippen molar-refractivity contribution in [2.45, 2.75) is 19.6 Å². The molecule has 1 rings (SSSR count). The Labute approximate surface area is 123 Å². The van der Waals surface area contributed by atoms with E-state index in [4.69, 9.17) is 14.6 Å². The molecule has 0 aliphatic rings. The maximum Gasteiger partial charge on any atom is 0.347 e. The number of benzene rings is 1. The van der Waals surface area contributed by atoms with E-state index < -0.39 is 24.0 Å². The number of hydrogen-bond acceptors (Lipinski definition) is 5. The highest BCUT2D eigenvalue weighted by Crippen LogP contribution is 2.06. The van der Waals surface area contributed by atoms with Crippen molar-refractivity contribution in [1.82, 2.24) is 0 Å². The van der Waals surface area contributed by atoms with Gasteiger partial charge in [0.2, 0.25) is 6.10 Å². The van der Waals surface area contributed by atoms with E-state index in [2.05, 4.69) is 12.6 Å². The van der Waals surface area contributed by atoms with Gasteiger partial charge in [0.1, 0.15) is 0 Å². The number of hydrogen-bond donors (Lipinski definition) is 2. The first-order valence-corrected chi connectivity index (χ1v) is 6.83. The maximum absolute atomic E-state index is 11.5. The molecular formula is C14H18O5S. The average Bonchev–Trinajstić information content (AvgIpc) is 2.46. The van der Waals surface area contributed by atoms with Crippen molar-refractivity contribution in [3.8, 4) is 0 Å². The minimum Gasteiger partial charge on any atom is -0.478 e. The van der Waals surface area contributed by atoms with Crippen LogP contribution in [0.3, 0.4) is 0 Å². The third-order valence-corrected chi connectivity index (χ3v) is 3.14. The minimum absolute atomic E-state index is 0.185.